The molecule has 0 radical (unpaired) electrons. The van der Waals surface area contributed by atoms with Crippen LogP contribution in [-0.2, 0) is 9.53 Å². The highest BCUT2D eigenvalue weighted by molar-refractivity contribution is 6.20. The van der Waals surface area contributed by atoms with Gasteiger partial charge in [0.1, 0.15) is 5.60 Å². The number of carbonyl (C=O) groups is 2. The van der Waals surface area contributed by atoms with Crippen molar-refractivity contribution in [2.24, 2.45) is 0 Å². The van der Waals surface area contributed by atoms with Crippen LogP contribution in [0.25, 0.3) is 5.57 Å². The number of rotatable bonds is 1. The minimum absolute atomic E-state index is 0.240. The maximum absolute atomic E-state index is 12.3. The molecule has 2 rings (SSSR count). The van der Waals surface area contributed by atoms with Crippen LogP contribution in [0.3, 0.4) is 0 Å². The van der Waals surface area contributed by atoms with Crippen molar-refractivity contribution in [1.29, 1.82) is 5.26 Å². The molecular formula is C16H16N2O3. The summed E-state index contributed by atoms with van der Waals surface area (Å²) in [5.74, 6) is -0.778. The summed E-state index contributed by atoms with van der Waals surface area (Å²) in [5, 5.41) is 11.7. The molecular weight excluding hydrogens is 268 g/mol. The Morgan fingerprint density at radius 1 is 1.33 bits per heavy atom. The van der Waals surface area contributed by atoms with Gasteiger partial charge in [0.05, 0.1) is 17.2 Å². The van der Waals surface area contributed by atoms with E-state index in [0.29, 0.717) is 22.3 Å². The normalized spacial score (nSPS) is 14.2. The Morgan fingerprint density at radius 3 is 2.67 bits per heavy atom. The van der Waals surface area contributed by atoms with E-state index < -0.39 is 11.6 Å². The molecule has 1 N–H and O–H groups in total. The maximum Gasteiger partial charge on any atom is 0.339 e. The molecule has 5 heteroatoms. The molecule has 0 fully saturated rings. The molecule has 1 amide bonds. The van der Waals surface area contributed by atoms with Crippen molar-refractivity contribution < 1.29 is 14.3 Å². The number of nitriles is 1. The molecule has 0 aliphatic carbocycles. The van der Waals surface area contributed by atoms with Gasteiger partial charge < -0.3 is 10.1 Å². The molecule has 0 saturated heterocycles. The molecule has 0 spiro atoms. The summed E-state index contributed by atoms with van der Waals surface area (Å²) in [7, 11) is 0. The Labute approximate surface area is 123 Å². The molecule has 0 bridgehead atoms. The van der Waals surface area contributed by atoms with E-state index in [0.717, 1.165) is 0 Å². The molecule has 0 saturated carbocycles. The number of esters is 1. The standard InChI is InChI=1S/C16H16N2O3/c1-16(2,3)21-15(20)12-6-7-18-14(19)11-5-4-10(9-17)8-13(11)12/h4-6,8H,7H2,1-3H3,(H,18,19). The summed E-state index contributed by atoms with van der Waals surface area (Å²) in [6, 6.07) is 6.65. The molecule has 108 valence electrons. The van der Waals surface area contributed by atoms with Crippen molar-refractivity contribution in [1.82, 2.24) is 5.32 Å². The third kappa shape index (κ3) is 3.29. The minimum atomic E-state index is -0.630. The number of amides is 1. The lowest BCUT2D eigenvalue weighted by molar-refractivity contribution is -0.147. The van der Waals surface area contributed by atoms with E-state index in [9.17, 15) is 9.59 Å². The fraction of sp³-hybridized carbons (Fsp3) is 0.312. The van der Waals surface area contributed by atoms with Crippen LogP contribution >= 0.6 is 0 Å². The first-order chi connectivity index (χ1) is 9.81. The lowest BCUT2D eigenvalue weighted by atomic mass is 9.97. The van der Waals surface area contributed by atoms with Crippen LogP contribution < -0.4 is 5.32 Å². The highest BCUT2D eigenvalue weighted by Crippen LogP contribution is 2.25. The van der Waals surface area contributed by atoms with E-state index in [2.05, 4.69) is 5.32 Å². The van der Waals surface area contributed by atoms with Gasteiger partial charge in [0.15, 0.2) is 0 Å². The molecule has 1 aromatic carbocycles. The molecule has 0 aromatic heterocycles. The van der Waals surface area contributed by atoms with Crippen LogP contribution in [0.1, 0.15) is 42.3 Å². The number of hydrogen-bond acceptors (Lipinski definition) is 4. The van der Waals surface area contributed by atoms with Gasteiger partial charge in [0.25, 0.3) is 5.91 Å². The first-order valence-electron chi connectivity index (χ1n) is 6.58. The van der Waals surface area contributed by atoms with Crippen molar-refractivity contribution in [3.8, 4) is 6.07 Å². The highest BCUT2D eigenvalue weighted by atomic mass is 16.6. The van der Waals surface area contributed by atoms with Crippen LogP contribution in [-0.4, -0.2) is 24.0 Å². The van der Waals surface area contributed by atoms with E-state index in [1.807, 2.05) is 6.07 Å². The van der Waals surface area contributed by atoms with Crippen molar-refractivity contribution >= 4 is 17.4 Å². The van der Waals surface area contributed by atoms with Gasteiger partial charge in [-0.3, -0.25) is 4.79 Å². The summed E-state index contributed by atoms with van der Waals surface area (Å²) in [4.78, 5) is 24.3. The predicted octanol–water partition coefficient (Wildman–Crippen LogP) is 2.03. The van der Waals surface area contributed by atoms with E-state index in [1.54, 1.807) is 39.0 Å². The molecule has 1 aromatic rings. The summed E-state index contributed by atoms with van der Waals surface area (Å²) < 4.78 is 5.37. The summed E-state index contributed by atoms with van der Waals surface area (Å²) in [5.41, 5.74) is 0.851. The second-order valence-corrected chi connectivity index (χ2v) is 5.70. The fourth-order valence-corrected chi connectivity index (χ4v) is 2.01. The number of ether oxygens (including phenoxy) is 1. The number of carbonyl (C=O) groups excluding carboxylic acids is 2. The van der Waals surface area contributed by atoms with E-state index in [1.165, 1.54) is 6.07 Å². The van der Waals surface area contributed by atoms with E-state index >= 15 is 0 Å². The number of benzene rings is 1. The molecule has 21 heavy (non-hydrogen) atoms. The number of nitrogens with zero attached hydrogens (tertiary/aromatic N) is 1. The number of fused-ring (bicyclic) bond motifs is 1. The van der Waals surface area contributed by atoms with Gasteiger partial charge in [0.2, 0.25) is 0 Å². The van der Waals surface area contributed by atoms with Crippen LogP contribution in [0.2, 0.25) is 0 Å². The van der Waals surface area contributed by atoms with Crippen molar-refractivity contribution in [3.63, 3.8) is 0 Å². The van der Waals surface area contributed by atoms with Crippen LogP contribution in [0, 0.1) is 11.3 Å². The average Bonchev–Trinajstić information content (AvgIpc) is 2.56. The molecule has 1 heterocycles. The SMILES string of the molecule is CC(C)(C)OC(=O)C1=CCNC(=O)c2ccc(C#N)cc21. The van der Waals surface area contributed by atoms with Gasteiger partial charge in [-0.2, -0.15) is 5.26 Å². The smallest absolute Gasteiger partial charge is 0.339 e. The number of hydrogen-bond donors (Lipinski definition) is 1. The van der Waals surface area contributed by atoms with Gasteiger partial charge in [-0.15, -0.1) is 0 Å². The summed E-state index contributed by atoms with van der Waals surface area (Å²) in [6.45, 7) is 5.57. The van der Waals surface area contributed by atoms with Gasteiger partial charge in [-0.25, -0.2) is 4.79 Å². The van der Waals surface area contributed by atoms with Crippen LogP contribution in [0.4, 0.5) is 0 Å². The summed E-state index contributed by atoms with van der Waals surface area (Å²) in [6.07, 6.45) is 1.61. The van der Waals surface area contributed by atoms with Crippen molar-refractivity contribution in [2.75, 3.05) is 6.54 Å². The van der Waals surface area contributed by atoms with Crippen LogP contribution in [0.5, 0.6) is 0 Å². The molecule has 1 aliphatic heterocycles. The largest absolute Gasteiger partial charge is 0.456 e. The molecule has 0 atom stereocenters. The Bertz CT molecular complexity index is 676. The Morgan fingerprint density at radius 2 is 2.05 bits per heavy atom. The Kier molecular flexibility index (Phi) is 3.81. The second-order valence-electron chi connectivity index (χ2n) is 5.70. The zero-order chi connectivity index (χ0) is 15.6. The second kappa shape index (κ2) is 5.41. The monoisotopic (exact) mass is 284 g/mol. The van der Waals surface area contributed by atoms with E-state index in [-0.39, 0.29) is 12.5 Å². The minimum Gasteiger partial charge on any atom is -0.456 e. The zero-order valence-electron chi connectivity index (χ0n) is 12.2. The Hall–Kier alpha value is -2.61. The highest BCUT2D eigenvalue weighted by Gasteiger charge is 2.26. The first kappa shape index (κ1) is 14.8. The third-order valence-corrected chi connectivity index (χ3v) is 2.87. The van der Waals surface area contributed by atoms with E-state index in [4.69, 9.17) is 10.00 Å². The lowest BCUT2D eigenvalue weighted by Crippen LogP contribution is -2.24. The molecule has 1 aliphatic rings. The van der Waals surface area contributed by atoms with Crippen molar-refractivity contribution in [2.45, 2.75) is 26.4 Å². The quantitative estimate of drug-likeness (QED) is 0.800. The first-order valence-corrected chi connectivity index (χ1v) is 6.58. The predicted molar refractivity (Wildman–Crippen MR) is 77.3 cm³/mol. The zero-order valence-corrected chi connectivity index (χ0v) is 12.2. The molecule has 0 unspecified atom stereocenters. The molecule has 5 nitrogen and oxygen atoms in total. The summed E-state index contributed by atoms with van der Waals surface area (Å²) >= 11 is 0. The van der Waals surface area contributed by atoms with Gasteiger partial charge in [-0.05, 0) is 39.0 Å². The van der Waals surface area contributed by atoms with Gasteiger partial charge >= 0.3 is 5.97 Å². The van der Waals surface area contributed by atoms with Gasteiger partial charge in [0, 0.05) is 17.7 Å². The fourth-order valence-electron chi connectivity index (χ4n) is 2.01. The maximum atomic E-state index is 12.3. The Balaban J connectivity index is 2.51. The number of nitrogens with one attached hydrogen (secondary N) is 1. The third-order valence-electron chi connectivity index (χ3n) is 2.87. The van der Waals surface area contributed by atoms with Crippen LogP contribution in [0.15, 0.2) is 24.3 Å². The average molecular weight is 284 g/mol. The van der Waals surface area contributed by atoms with Gasteiger partial charge in [-0.1, -0.05) is 6.08 Å². The lowest BCUT2D eigenvalue weighted by Gasteiger charge is -2.21. The topological polar surface area (TPSA) is 79.2 Å². The van der Waals surface area contributed by atoms with Crippen molar-refractivity contribution in [3.05, 3.63) is 41.0 Å².